The van der Waals surface area contributed by atoms with Gasteiger partial charge in [0.2, 0.25) is 11.8 Å². The van der Waals surface area contributed by atoms with E-state index in [1.54, 1.807) is 11.0 Å². The van der Waals surface area contributed by atoms with E-state index in [0.29, 0.717) is 18.8 Å². The second-order valence-electron chi connectivity index (χ2n) is 6.40. The maximum absolute atomic E-state index is 13.2. The largest absolute Gasteiger partial charge is 0.416 e. The second-order valence-corrected chi connectivity index (χ2v) is 6.40. The summed E-state index contributed by atoms with van der Waals surface area (Å²) in [5, 5.41) is 8.95. The zero-order valence-corrected chi connectivity index (χ0v) is 14.8. The van der Waals surface area contributed by atoms with Gasteiger partial charge in [0.15, 0.2) is 0 Å². The summed E-state index contributed by atoms with van der Waals surface area (Å²) in [5.41, 5.74) is -0.148. The highest BCUT2D eigenvalue weighted by atomic mass is 19.4. The summed E-state index contributed by atoms with van der Waals surface area (Å²) < 4.78 is 44.4. The van der Waals surface area contributed by atoms with Crippen molar-refractivity contribution in [2.24, 2.45) is 0 Å². The Morgan fingerprint density at radius 2 is 2.11 bits per heavy atom. The van der Waals surface area contributed by atoms with Crippen LogP contribution in [0.4, 0.5) is 13.2 Å². The summed E-state index contributed by atoms with van der Waals surface area (Å²) in [5.74, 6) is -0.786. The van der Waals surface area contributed by atoms with Crippen LogP contribution in [0.25, 0.3) is 0 Å². The highest BCUT2D eigenvalue weighted by Crippen LogP contribution is 2.32. The first kappa shape index (κ1) is 19.9. The lowest BCUT2D eigenvalue weighted by atomic mass is 10.0. The number of carbonyl (C=O) groups excluding carboxylic acids is 2. The van der Waals surface area contributed by atoms with E-state index < -0.39 is 23.7 Å². The van der Waals surface area contributed by atoms with Crippen LogP contribution in [0.5, 0.6) is 0 Å². The van der Waals surface area contributed by atoms with Crippen molar-refractivity contribution in [3.63, 3.8) is 0 Å². The van der Waals surface area contributed by atoms with Crippen LogP contribution < -0.4 is 10.6 Å². The van der Waals surface area contributed by atoms with E-state index >= 15 is 0 Å². The van der Waals surface area contributed by atoms with E-state index in [0.717, 1.165) is 6.07 Å². The van der Waals surface area contributed by atoms with Crippen LogP contribution in [0.15, 0.2) is 41.1 Å². The fourth-order valence-electron chi connectivity index (χ4n) is 3.09. The van der Waals surface area contributed by atoms with Crippen molar-refractivity contribution in [2.45, 2.75) is 31.7 Å². The van der Waals surface area contributed by atoms with Crippen LogP contribution in [0.3, 0.4) is 0 Å². The van der Waals surface area contributed by atoms with E-state index in [4.69, 9.17) is 0 Å². The quantitative estimate of drug-likeness (QED) is 0.776. The van der Waals surface area contributed by atoms with Gasteiger partial charge in [-0.2, -0.15) is 13.2 Å². The third kappa shape index (κ3) is 4.89. The summed E-state index contributed by atoms with van der Waals surface area (Å²) in [6.45, 7) is 0.716. The van der Waals surface area contributed by atoms with Crippen LogP contribution in [-0.4, -0.2) is 41.0 Å². The minimum atomic E-state index is -4.49. The number of amides is 2. The minimum Gasteiger partial charge on any atom is -0.364 e. The second kappa shape index (κ2) is 8.42. The first-order valence-corrected chi connectivity index (χ1v) is 8.67. The van der Waals surface area contributed by atoms with Gasteiger partial charge in [0.1, 0.15) is 12.0 Å². The Bertz CT molecular complexity index is 824. The molecule has 2 heterocycles. The fourth-order valence-corrected chi connectivity index (χ4v) is 3.09. The number of nitrogens with zero attached hydrogens (tertiary/aromatic N) is 2. The summed E-state index contributed by atoms with van der Waals surface area (Å²) in [6, 6.07) is 5.98. The number of alkyl halides is 3. The van der Waals surface area contributed by atoms with Crippen LogP contribution in [0.1, 0.15) is 23.2 Å². The van der Waals surface area contributed by atoms with Gasteiger partial charge in [-0.25, -0.2) is 0 Å². The Balaban J connectivity index is 1.69. The number of aromatic nitrogens is 1. The average Bonchev–Trinajstić information content (AvgIpc) is 3.16. The molecule has 1 aromatic heterocycles. The molecule has 10 heteroatoms. The van der Waals surface area contributed by atoms with Crippen molar-refractivity contribution in [3.05, 3.63) is 53.4 Å². The summed E-state index contributed by atoms with van der Waals surface area (Å²) >= 11 is 0. The first-order valence-electron chi connectivity index (χ1n) is 8.67. The van der Waals surface area contributed by atoms with Crippen molar-refractivity contribution in [3.8, 4) is 0 Å². The lowest BCUT2D eigenvalue weighted by Crippen LogP contribution is -2.56. The molecule has 0 spiro atoms. The number of nitrogens with one attached hydrogen (secondary N) is 2. The number of halogens is 3. The summed E-state index contributed by atoms with van der Waals surface area (Å²) in [4.78, 5) is 26.1. The van der Waals surface area contributed by atoms with E-state index in [9.17, 15) is 22.8 Å². The molecule has 0 saturated carbocycles. The highest BCUT2D eigenvalue weighted by molar-refractivity contribution is 5.88. The molecular weight excluding hydrogens is 377 g/mol. The third-order valence-electron chi connectivity index (χ3n) is 4.47. The van der Waals surface area contributed by atoms with Gasteiger partial charge in [-0.3, -0.25) is 14.5 Å². The Morgan fingerprint density at radius 1 is 1.32 bits per heavy atom. The van der Waals surface area contributed by atoms with Gasteiger partial charge in [-0.15, -0.1) is 0 Å². The number of hydrogen-bond donors (Lipinski definition) is 2. The van der Waals surface area contributed by atoms with Crippen molar-refractivity contribution < 1.29 is 27.3 Å². The molecule has 1 aliphatic heterocycles. The molecule has 0 unspecified atom stereocenters. The summed E-state index contributed by atoms with van der Waals surface area (Å²) in [6.07, 6.45) is -3.28. The monoisotopic (exact) mass is 396 g/mol. The van der Waals surface area contributed by atoms with E-state index in [1.807, 2.05) is 0 Å². The molecule has 28 heavy (non-hydrogen) atoms. The molecule has 2 aromatic rings. The Kier molecular flexibility index (Phi) is 5.98. The normalized spacial score (nSPS) is 18.0. The van der Waals surface area contributed by atoms with Crippen molar-refractivity contribution >= 4 is 11.8 Å². The average molecular weight is 396 g/mol. The van der Waals surface area contributed by atoms with Gasteiger partial charge in [0.05, 0.1) is 24.6 Å². The van der Waals surface area contributed by atoms with Gasteiger partial charge >= 0.3 is 6.18 Å². The number of carbonyl (C=O) groups is 2. The van der Waals surface area contributed by atoms with Crippen molar-refractivity contribution in [2.75, 3.05) is 13.1 Å². The van der Waals surface area contributed by atoms with Gasteiger partial charge < -0.3 is 15.2 Å². The number of benzene rings is 1. The molecule has 2 N–H and O–H groups in total. The molecule has 1 saturated heterocycles. The van der Waals surface area contributed by atoms with Gasteiger partial charge in [0.25, 0.3) is 0 Å². The lowest BCUT2D eigenvalue weighted by Gasteiger charge is -2.35. The standard InChI is InChI=1S/C18H19F3N4O3/c19-18(20,21)14-4-2-1-3-12(14)11-25-7-6-22-17(27)15(25)9-16(26)23-10-13-5-8-28-24-13/h1-5,8,15H,6-7,9-11H2,(H,22,27)(H,23,26)/t15-/m0/s1. The molecule has 7 nitrogen and oxygen atoms in total. The van der Waals surface area contributed by atoms with Gasteiger partial charge in [0, 0.05) is 25.7 Å². The smallest absolute Gasteiger partial charge is 0.364 e. The number of hydrogen-bond acceptors (Lipinski definition) is 5. The lowest BCUT2D eigenvalue weighted by molar-refractivity contribution is -0.139. The molecule has 1 aliphatic rings. The molecular formula is C18H19F3N4O3. The van der Waals surface area contributed by atoms with Gasteiger partial charge in [-0.1, -0.05) is 23.4 Å². The van der Waals surface area contributed by atoms with E-state index in [-0.39, 0.29) is 31.0 Å². The van der Waals surface area contributed by atoms with Crippen LogP contribution >= 0.6 is 0 Å². The SMILES string of the molecule is O=C(C[C@H]1C(=O)NCCN1Cc1ccccc1C(F)(F)F)NCc1ccon1. The fraction of sp³-hybridized carbons (Fsp3) is 0.389. The van der Waals surface area contributed by atoms with Crippen LogP contribution in [-0.2, 0) is 28.9 Å². The van der Waals surface area contributed by atoms with Crippen LogP contribution in [0.2, 0.25) is 0 Å². The third-order valence-corrected chi connectivity index (χ3v) is 4.47. The molecule has 0 radical (unpaired) electrons. The minimum absolute atomic E-state index is 0.0673. The molecule has 3 rings (SSSR count). The first-order chi connectivity index (χ1) is 13.3. The molecule has 1 aromatic carbocycles. The highest BCUT2D eigenvalue weighted by Gasteiger charge is 2.36. The zero-order valence-electron chi connectivity index (χ0n) is 14.8. The Hall–Kier alpha value is -2.88. The predicted octanol–water partition coefficient (Wildman–Crippen LogP) is 1.70. The number of rotatable bonds is 6. The Labute approximate surface area is 158 Å². The zero-order chi connectivity index (χ0) is 20.1. The van der Waals surface area contributed by atoms with Gasteiger partial charge in [-0.05, 0) is 11.6 Å². The molecule has 2 amide bonds. The predicted molar refractivity (Wildman–Crippen MR) is 91.6 cm³/mol. The summed E-state index contributed by atoms with van der Waals surface area (Å²) in [7, 11) is 0. The molecule has 1 atom stereocenters. The van der Waals surface area contributed by atoms with E-state index in [1.165, 1.54) is 24.5 Å². The topological polar surface area (TPSA) is 87.5 Å². The molecule has 0 aliphatic carbocycles. The van der Waals surface area contributed by atoms with E-state index in [2.05, 4.69) is 20.3 Å². The molecule has 1 fully saturated rings. The molecule has 150 valence electrons. The van der Waals surface area contributed by atoms with Crippen molar-refractivity contribution in [1.82, 2.24) is 20.7 Å². The molecule has 0 bridgehead atoms. The maximum atomic E-state index is 13.2. The number of piperazine rings is 1. The maximum Gasteiger partial charge on any atom is 0.416 e. The van der Waals surface area contributed by atoms with Crippen molar-refractivity contribution in [1.29, 1.82) is 0 Å². The Morgan fingerprint density at radius 3 is 2.82 bits per heavy atom. The van der Waals surface area contributed by atoms with Crippen LogP contribution in [0, 0.1) is 0 Å².